The Bertz CT molecular complexity index is 790. The van der Waals surface area contributed by atoms with Crippen molar-refractivity contribution >= 4 is 17.3 Å². The Hall–Kier alpha value is -1.40. The number of hydrogen-bond donors (Lipinski definition) is 2. The molecular formula is C22H29FO5. The summed E-state index contributed by atoms with van der Waals surface area (Å²) in [6.45, 7) is 4.39. The zero-order valence-electron chi connectivity index (χ0n) is 16.7. The third-order valence-electron chi connectivity index (χ3n) is 8.88. The number of fused-ring (bicyclic) bond motifs is 5. The van der Waals surface area contributed by atoms with Crippen LogP contribution in [0.25, 0.3) is 0 Å². The van der Waals surface area contributed by atoms with Crippen molar-refractivity contribution in [2.45, 2.75) is 64.6 Å². The normalized spacial score (nSPS) is 50.5. The SMILES string of the molecule is CC1C(=O)C=C2CC[C@H]3[C@@H]4CC[C@](O)(C(=O)CO)[C@@]4(C)CC(=O)[C@@H]3[C@@]2(C)C1F. The first-order valence-corrected chi connectivity index (χ1v) is 10.3. The third-order valence-corrected chi connectivity index (χ3v) is 8.88. The predicted octanol–water partition coefficient (Wildman–Crippen LogP) is 2.18. The molecule has 0 aliphatic heterocycles. The summed E-state index contributed by atoms with van der Waals surface area (Å²) in [5.74, 6) is -2.51. The molecule has 4 rings (SSSR count). The number of hydrogen-bond acceptors (Lipinski definition) is 5. The highest BCUT2D eigenvalue weighted by Gasteiger charge is 2.69. The summed E-state index contributed by atoms with van der Waals surface area (Å²) in [6, 6.07) is 0. The molecule has 0 radical (unpaired) electrons. The molecule has 2 N–H and O–H groups in total. The van der Waals surface area contributed by atoms with Gasteiger partial charge in [0.25, 0.3) is 0 Å². The molecule has 154 valence electrons. The average Bonchev–Trinajstić information content (AvgIpc) is 2.92. The molecule has 3 saturated carbocycles. The smallest absolute Gasteiger partial charge is 0.190 e. The molecule has 3 fully saturated rings. The van der Waals surface area contributed by atoms with Crippen LogP contribution in [0.3, 0.4) is 0 Å². The largest absolute Gasteiger partial charge is 0.388 e. The van der Waals surface area contributed by atoms with Crippen LogP contribution in [0.4, 0.5) is 4.39 Å². The van der Waals surface area contributed by atoms with Gasteiger partial charge in [-0.3, -0.25) is 14.4 Å². The van der Waals surface area contributed by atoms with Crippen LogP contribution in [0.5, 0.6) is 0 Å². The maximum Gasteiger partial charge on any atom is 0.190 e. The summed E-state index contributed by atoms with van der Waals surface area (Å²) in [5, 5.41) is 20.5. The van der Waals surface area contributed by atoms with E-state index < -0.39 is 46.8 Å². The van der Waals surface area contributed by atoms with Crippen molar-refractivity contribution in [1.82, 2.24) is 0 Å². The molecule has 0 bridgehead atoms. The second-order valence-electron chi connectivity index (χ2n) is 9.87. The lowest BCUT2D eigenvalue weighted by Gasteiger charge is -2.58. The van der Waals surface area contributed by atoms with Crippen molar-refractivity contribution in [2.75, 3.05) is 6.61 Å². The number of alkyl halides is 1. The van der Waals surface area contributed by atoms with Gasteiger partial charge in [0.15, 0.2) is 11.6 Å². The van der Waals surface area contributed by atoms with Gasteiger partial charge in [0.1, 0.15) is 24.2 Å². The highest BCUT2D eigenvalue weighted by atomic mass is 19.1. The first-order chi connectivity index (χ1) is 13.0. The van der Waals surface area contributed by atoms with E-state index in [1.807, 2.05) is 0 Å². The van der Waals surface area contributed by atoms with E-state index in [0.717, 1.165) is 5.57 Å². The van der Waals surface area contributed by atoms with E-state index in [1.54, 1.807) is 26.8 Å². The van der Waals surface area contributed by atoms with Gasteiger partial charge in [-0.15, -0.1) is 0 Å². The Kier molecular flexibility index (Phi) is 4.30. The van der Waals surface area contributed by atoms with Gasteiger partial charge in [-0.05, 0) is 43.6 Å². The van der Waals surface area contributed by atoms with Gasteiger partial charge in [0, 0.05) is 23.2 Å². The number of rotatable bonds is 2. The zero-order chi connectivity index (χ0) is 20.6. The lowest BCUT2D eigenvalue weighted by molar-refractivity contribution is -0.173. The highest BCUT2D eigenvalue weighted by Crippen LogP contribution is 2.67. The van der Waals surface area contributed by atoms with Crippen molar-refractivity contribution in [3.05, 3.63) is 11.6 Å². The fraction of sp³-hybridized carbons (Fsp3) is 0.773. The maximum atomic E-state index is 15.5. The lowest BCUT2D eigenvalue weighted by atomic mass is 9.45. The summed E-state index contributed by atoms with van der Waals surface area (Å²) in [6.07, 6.45) is 2.14. The van der Waals surface area contributed by atoms with Gasteiger partial charge >= 0.3 is 0 Å². The molecule has 0 spiro atoms. The number of carbonyl (C=O) groups excluding carboxylic acids is 3. The van der Waals surface area contributed by atoms with E-state index >= 15 is 4.39 Å². The number of aliphatic hydroxyl groups is 2. The number of ketones is 3. The molecule has 4 aliphatic rings. The van der Waals surface area contributed by atoms with Gasteiger partial charge in [-0.25, -0.2) is 4.39 Å². The second kappa shape index (κ2) is 6.05. The maximum absolute atomic E-state index is 15.5. The van der Waals surface area contributed by atoms with Crippen LogP contribution >= 0.6 is 0 Å². The molecule has 0 aromatic heterocycles. The molecule has 0 aromatic rings. The van der Waals surface area contributed by atoms with E-state index in [2.05, 4.69) is 0 Å². The molecular weight excluding hydrogens is 363 g/mol. The fourth-order valence-electron chi connectivity index (χ4n) is 7.25. The minimum Gasteiger partial charge on any atom is -0.388 e. The van der Waals surface area contributed by atoms with Gasteiger partial charge < -0.3 is 10.2 Å². The molecule has 0 amide bonds. The Morgan fingerprint density at radius 2 is 1.96 bits per heavy atom. The summed E-state index contributed by atoms with van der Waals surface area (Å²) in [4.78, 5) is 37.9. The summed E-state index contributed by atoms with van der Waals surface area (Å²) >= 11 is 0. The Morgan fingerprint density at radius 1 is 1.29 bits per heavy atom. The van der Waals surface area contributed by atoms with Crippen molar-refractivity contribution in [1.29, 1.82) is 0 Å². The molecule has 5 nitrogen and oxygen atoms in total. The zero-order valence-corrected chi connectivity index (χ0v) is 16.7. The summed E-state index contributed by atoms with van der Waals surface area (Å²) in [5.41, 5.74) is -2.92. The number of allylic oxidation sites excluding steroid dienone is 1. The number of carbonyl (C=O) groups is 3. The second-order valence-corrected chi connectivity index (χ2v) is 9.87. The quantitative estimate of drug-likeness (QED) is 0.752. The van der Waals surface area contributed by atoms with E-state index in [0.29, 0.717) is 19.3 Å². The fourth-order valence-corrected chi connectivity index (χ4v) is 7.25. The first-order valence-electron chi connectivity index (χ1n) is 10.3. The highest BCUT2D eigenvalue weighted by molar-refractivity contribution is 5.96. The number of aliphatic hydroxyl groups excluding tert-OH is 1. The lowest BCUT2D eigenvalue weighted by Crippen LogP contribution is -2.63. The first kappa shape index (κ1) is 19.9. The molecule has 6 heteroatoms. The van der Waals surface area contributed by atoms with Crippen LogP contribution in [0.15, 0.2) is 11.6 Å². The monoisotopic (exact) mass is 392 g/mol. The Balaban J connectivity index is 1.78. The van der Waals surface area contributed by atoms with Crippen LogP contribution < -0.4 is 0 Å². The predicted molar refractivity (Wildman–Crippen MR) is 99.0 cm³/mol. The van der Waals surface area contributed by atoms with Crippen molar-refractivity contribution in [3.63, 3.8) is 0 Å². The molecule has 0 saturated heterocycles. The van der Waals surface area contributed by atoms with E-state index in [-0.39, 0.29) is 36.2 Å². The van der Waals surface area contributed by atoms with Crippen molar-refractivity contribution in [3.8, 4) is 0 Å². The molecule has 28 heavy (non-hydrogen) atoms. The Labute approximate surface area is 164 Å². The third kappa shape index (κ3) is 2.16. The van der Waals surface area contributed by atoms with Crippen LogP contribution in [-0.2, 0) is 14.4 Å². The molecule has 8 atom stereocenters. The van der Waals surface area contributed by atoms with Crippen molar-refractivity contribution < 1.29 is 29.0 Å². The minimum absolute atomic E-state index is 0.00100. The molecule has 2 unspecified atom stereocenters. The molecule has 0 aromatic carbocycles. The van der Waals surface area contributed by atoms with E-state index in [1.165, 1.54) is 0 Å². The summed E-state index contributed by atoms with van der Waals surface area (Å²) < 4.78 is 15.5. The van der Waals surface area contributed by atoms with Crippen molar-refractivity contribution in [2.24, 2.45) is 34.5 Å². The van der Waals surface area contributed by atoms with Crippen LogP contribution in [0.2, 0.25) is 0 Å². The average molecular weight is 392 g/mol. The number of Topliss-reactive ketones (excluding diaryl/α,β-unsaturated/α-hetero) is 2. The van der Waals surface area contributed by atoms with Crippen LogP contribution in [-0.4, -0.2) is 45.9 Å². The van der Waals surface area contributed by atoms with Gasteiger partial charge in [0.05, 0.1) is 5.92 Å². The molecule has 4 aliphatic carbocycles. The topological polar surface area (TPSA) is 91.7 Å². The van der Waals surface area contributed by atoms with E-state index in [4.69, 9.17) is 0 Å². The van der Waals surface area contributed by atoms with E-state index in [9.17, 15) is 24.6 Å². The Morgan fingerprint density at radius 3 is 2.61 bits per heavy atom. The number of halogens is 1. The van der Waals surface area contributed by atoms with Gasteiger partial charge in [0.2, 0.25) is 0 Å². The summed E-state index contributed by atoms with van der Waals surface area (Å²) in [7, 11) is 0. The molecule has 0 heterocycles. The standard InChI is InChI=1S/C22H29FO5/c1-11-15(25)8-12-4-5-13-14-6-7-22(28,17(27)10-24)20(14,2)9-16(26)18(13)21(12,3)19(11)23/h8,11,13-14,18-19,24,28H,4-7,9-10H2,1-3H3/t11?,13-,14-,18+,19?,20-,21-,22-/m0/s1. The van der Waals surface area contributed by atoms with Crippen LogP contribution in [0.1, 0.15) is 52.9 Å². The van der Waals surface area contributed by atoms with Gasteiger partial charge in [-0.1, -0.05) is 26.3 Å². The van der Waals surface area contributed by atoms with Crippen LogP contribution in [0, 0.1) is 34.5 Å². The van der Waals surface area contributed by atoms with Gasteiger partial charge in [-0.2, -0.15) is 0 Å². The minimum atomic E-state index is -1.71.